The normalized spacial score (nSPS) is 13.2. The molecule has 0 saturated heterocycles. The maximum Gasteiger partial charge on any atom is 0.306 e. The molecule has 6 nitrogen and oxygen atoms in total. The Bertz CT molecular complexity index is 924. The van der Waals surface area contributed by atoms with Crippen molar-refractivity contribution in [2.24, 2.45) is 0 Å². The van der Waals surface area contributed by atoms with Gasteiger partial charge in [0.2, 0.25) is 5.91 Å². The Morgan fingerprint density at radius 3 is 1.16 bits per heavy atom. The van der Waals surface area contributed by atoms with Gasteiger partial charge >= 0.3 is 5.97 Å². The maximum absolute atomic E-state index is 13.2. The second-order valence-electron chi connectivity index (χ2n) is 19.0. The van der Waals surface area contributed by atoms with Gasteiger partial charge in [-0.15, -0.1) is 0 Å². The zero-order valence-electron chi connectivity index (χ0n) is 41.3. The number of amides is 1. The average molecular weight is 862 g/mol. The Hall–Kier alpha value is -1.40. The molecule has 61 heavy (non-hydrogen) atoms. The van der Waals surface area contributed by atoms with Gasteiger partial charge in [0.05, 0.1) is 25.2 Å². The summed E-state index contributed by atoms with van der Waals surface area (Å²) in [6.45, 7) is 6.49. The fraction of sp³-hybridized carbons (Fsp3) is 0.927. The van der Waals surface area contributed by atoms with Gasteiger partial charge in [0, 0.05) is 6.42 Å². The number of carbonyl (C=O) groups is 2. The van der Waals surface area contributed by atoms with Crippen LogP contribution in [0.2, 0.25) is 0 Å². The number of ether oxygens (including phenoxy) is 1. The third-order valence-corrected chi connectivity index (χ3v) is 12.8. The zero-order chi connectivity index (χ0) is 44.5. The molecule has 0 aliphatic carbocycles. The number of carbonyl (C=O) groups excluding carboxylic acids is 2. The number of hydrogen-bond acceptors (Lipinski definition) is 5. The number of esters is 1. The lowest BCUT2D eigenvalue weighted by Gasteiger charge is -2.24. The van der Waals surface area contributed by atoms with Crippen LogP contribution in [-0.2, 0) is 14.3 Å². The molecule has 3 N–H and O–H groups in total. The SMILES string of the molecule is CCCCCCCCC/C=C/CCCCCCCC(=O)OC(CCCCCCCCCCCCCCCCCCC)CC(=O)NC(CO)C(O)CCCCCCCCCCC. The molecule has 0 fully saturated rings. The third-order valence-electron chi connectivity index (χ3n) is 12.8. The molecule has 0 heterocycles. The molecule has 0 aliphatic rings. The van der Waals surface area contributed by atoms with E-state index in [0.717, 1.165) is 51.4 Å². The predicted octanol–water partition coefficient (Wildman–Crippen LogP) is 16.5. The van der Waals surface area contributed by atoms with E-state index in [9.17, 15) is 19.8 Å². The Labute approximate surface area is 380 Å². The van der Waals surface area contributed by atoms with E-state index in [2.05, 4.69) is 38.2 Å². The van der Waals surface area contributed by atoms with E-state index in [4.69, 9.17) is 4.74 Å². The molecule has 362 valence electrons. The van der Waals surface area contributed by atoms with Crippen molar-refractivity contribution in [2.75, 3.05) is 6.61 Å². The van der Waals surface area contributed by atoms with Gasteiger partial charge in [0.25, 0.3) is 0 Å². The second kappa shape index (κ2) is 49.6. The minimum absolute atomic E-state index is 0.0817. The van der Waals surface area contributed by atoms with Crippen molar-refractivity contribution in [1.29, 1.82) is 0 Å². The van der Waals surface area contributed by atoms with E-state index in [1.54, 1.807) is 0 Å². The summed E-state index contributed by atoms with van der Waals surface area (Å²) in [7, 11) is 0. The van der Waals surface area contributed by atoms with E-state index in [-0.39, 0.29) is 24.9 Å². The number of rotatable bonds is 50. The Morgan fingerprint density at radius 2 is 0.787 bits per heavy atom. The summed E-state index contributed by atoms with van der Waals surface area (Å²) in [5.41, 5.74) is 0. The third kappa shape index (κ3) is 45.0. The van der Waals surface area contributed by atoms with Crippen LogP contribution in [0.5, 0.6) is 0 Å². The number of hydrogen-bond donors (Lipinski definition) is 3. The standard InChI is InChI=1S/C55H107NO5/c1-4-7-10-13-16-19-21-23-25-27-28-30-32-35-37-40-43-46-51(49-54(59)56-52(50-57)53(58)47-44-41-38-34-18-15-12-9-6-3)61-55(60)48-45-42-39-36-33-31-29-26-24-22-20-17-14-11-8-5-2/h26,29,51-53,57-58H,4-25,27-28,30-50H2,1-3H3,(H,56,59)/b29-26+. The molecule has 0 aromatic heterocycles. The lowest BCUT2D eigenvalue weighted by molar-refractivity contribution is -0.151. The molecule has 0 aromatic carbocycles. The fourth-order valence-electron chi connectivity index (χ4n) is 8.66. The van der Waals surface area contributed by atoms with Crippen LogP contribution in [-0.4, -0.2) is 46.9 Å². The van der Waals surface area contributed by atoms with Gasteiger partial charge in [-0.1, -0.05) is 251 Å². The lowest BCUT2D eigenvalue weighted by atomic mass is 10.0. The van der Waals surface area contributed by atoms with Crippen LogP contribution in [0.1, 0.15) is 303 Å². The van der Waals surface area contributed by atoms with Gasteiger partial charge in [-0.3, -0.25) is 9.59 Å². The first-order valence-corrected chi connectivity index (χ1v) is 27.4. The summed E-state index contributed by atoms with van der Waals surface area (Å²) in [6.07, 6.45) is 55.7. The Balaban J connectivity index is 4.51. The summed E-state index contributed by atoms with van der Waals surface area (Å²) in [4.78, 5) is 26.2. The van der Waals surface area contributed by atoms with Crippen molar-refractivity contribution in [1.82, 2.24) is 5.32 Å². The van der Waals surface area contributed by atoms with Gasteiger partial charge in [0.1, 0.15) is 6.10 Å². The quantitative estimate of drug-likeness (QED) is 0.0322. The highest BCUT2D eigenvalue weighted by Gasteiger charge is 2.24. The molecular formula is C55H107NO5. The first-order chi connectivity index (χ1) is 30.0. The minimum atomic E-state index is -0.782. The van der Waals surface area contributed by atoms with Crippen molar-refractivity contribution in [3.05, 3.63) is 12.2 Å². The maximum atomic E-state index is 13.2. The van der Waals surface area contributed by atoms with Crippen molar-refractivity contribution < 1.29 is 24.5 Å². The minimum Gasteiger partial charge on any atom is -0.462 e. The van der Waals surface area contributed by atoms with E-state index in [1.807, 2.05) is 0 Å². The molecule has 3 unspecified atom stereocenters. The van der Waals surface area contributed by atoms with E-state index < -0.39 is 18.2 Å². The van der Waals surface area contributed by atoms with Crippen LogP contribution in [0.15, 0.2) is 12.2 Å². The molecule has 6 heteroatoms. The van der Waals surface area contributed by atoms with Crippen LogP contribution in [0.25, 0.3) is 0 Å². The van der Waals surface area contributed by atoms with Crippen LogP contribution in [0, 0.1) is 0 Å². The second-order valence-corrected chi connectivity index (χ2v) is 19.0. The van der Waals surface area contributed by atoms with Crippen molar-refractivity contribution in [3.63, 3.8) is 0 Å². The van der Waals surface area contributed by atoms with Gasteiger partial charge in [-0.2, -0.15) is 0 Å². The summed E-state index contributed by atoms with van der Waals surface area (Å²) >= 11 is 0. The first kappa shape index (κ1) is 59.6. The van der Waals surface area contributed by atoms with Crippen molar-refractivity contribution >= 4 is 11.9 Å². The highest BCUT2D eigenvalue weighted by Crippen LogP contribution is 2.19. The lowest BCUT2D eigenvalue weighted by Crippen LogP contribution is -2.46. The molecule has 0 saturated carbocycles. The highest BCUT2D eigenvalue weighted by molar-refractivity contribution is 5.77. The van der Waals surface area contributed by atoms with Gasteiger partial charge in [0.15, 0.2) is 0 Å². The fourth-order valence-corrected chi connectivity index (χ4v) is 8.66. The Kier molecular flexibility index (Phi) is 48.5. The van der Waals surface area contributed by atoms with Crippen LogP contribution in [0.4, 0.5) is 0 Å². The first-order valence-electron chi connectivity index (χ1n) is 27.4. The molecule has 0 rings (SSSR count). The van der Waals surface area contributed by atoms with Gasteiger partial charge < -0.3 is 20.3 Å². The van der Waals surface area contributed by atoms with E-state index >= 15 is 0 Å². The predicted molar refractivity (Wildman–Crippen MR) is 264 cm³/mol. The van der Waals surface area contributed by atoms with Crippen LogP contribution < -0.4 is 5.32 Å². The van der Waals surface area contributed by atoms with Crippen molar-refractivity contribution in [2.45, 2.75) is 322 Å². The number of nitrogens with one attached hydrogen (secondary N) is 1. The largest absolute Gasteiger partial charge is 0.462 e. The summed E-state index contributed by atoms with van der Waals surface area (Å²) in [6, 6.07) is -0.696. The summed E-state index contributed by atoms with van der Waals surface area (Å²) in [5, 5.41) is 23.7. The topological polar surface area (TPSA) is 95.9 Å². The van der Waals surface area contributed by atoms with Crippen LogP contribution in [0.3, 0.4) is 0 Å². The van der Waals surface area contributed by atoms with Gasteiger partial charge in [-0.05, 0) is 51.4 Å². The number of aliphatic hydroxyl groups is 2. The monoisotopic (exact) mass is 862 g/mol. The molecule has 3 atom stereocenters. The Morgan fingerprint density at radius 1 is 0.459 bits per heavy atom. The smallest absolute Gasteiger partial charge is 0.306 e. The molecular weight excluding hydrogens is 755 g/mol. The number of allylic oxidation sites excluding steroid dienone is 2. The zero-order valence-corrected chi connectivity index (χ0v) is 41.3. The van der Waals surface area contributed by atoms with E-state index in [1.165, 1.54) is 205 Å². The highest BCUT2D eigenvalue weighted by atomic mass is 16.5. The molecule has 1 amide bonds. The molecule has 0 aliphatic heterocycles. The van der Waals surface area contributed by atoms with Gasteiger partial charge in [-0.25, -0.2) is 0 Å². The average Bonchev–Trinajstić information content (AvgIpc) is 3.25. The van der Waals surface area contributed by atoms with Crippen molar-refractivity contribution in [3.8, 4) is 0 Å². The summed E-state index contributed by atoms with van der Waals surface area (Å²) in [5.74, 6) is -0.464. The van der Waals surface area contributed by atoms with E-state index in [0.29, 0.717) is 19.3 Å². The molecule has 0 aromatic rings. The van der Waals surface area contributed by atoms with Crippen LogP contribution >= 0.6 is 0 Å². The molecule has 0 radical (unpaired) electrons. The molecule has 0 spiro atoms. The number of unbranched alkanes of at least 4 members (excludes halogenated alkanes) is 36. The number of aliphatic hydroxyl groups excluding tert-OH is 2. The summed E-state index contributed by atoms with van der Waals surface area (Å²) < 4.78 is 5.95. The molecule has 0 bridgehead atoms.